The minimum atomic E-state index is -0.234. The lowest BCUT2D eigenvalue weighted by Gasteiger charge is -2.01. The van der Waals surface area contributed by atoms with Gasteiger partial charge in [-0.05, 0) is 18.2 Å². The second-order valence-corrected chi connectivity index (χ2v) is 4.20. The molecule has 0 atom stereocenters. The molecule has 0 aliphatic carbocycles. The number of nitrogens with one attached hydrogen (secondary N) is 1. The molecule has 0 bridgehead atoms. The summed E-state index contributed by atoms with van der Waals surface area (Å²) >= 11 is 0. The first kappa shape index (κ1) is 12.1. The van der Waals surface area contributed by atoms with Gasteiger partial charge in [-0.3, -0.25) is 9.59 Å². The van der Waals surface area contributed by atoms with Gasteiger partial charge in [-0.15, -0.1) is 0 Å². The monoisotopic (exact) mass is 266 g/mol. The second-order valence-electron chi connectivity index (χ2n) is 4.20. The van der Waals surface area contributed by atoms with E-state index in [1.54, 1.807) is 18.2 Å². The SMILES string of the molecule is O=Cc1ccc(-c2ccc(-c3ccc(=O)[nH]n3)cc2)o1. The predicted octanol–water partition coefficient (Wildman–Crippen LogP) is 2.51. The molecule has 2 aromatic heterocycles. The summed E-state index contributed by atoms with van der Waals surface area (Å²) in [5.74, 6) is 0.930. The lowest BCUT2D eigenvalue weighted by molar-refractivity contribution is 0.110. The number of carbonyl (C=O) groups is 1. The Labute approximate surface area is 113 Å². The van der Waals surface area contributed by atoms with E-state index in [1.165, 1.54) is 6.07 Å². The van der Waals surface area contributed by atoms with Crippen molar-refractivity contribution in [1.29, 1.82) is 0 Å². The van der Waals surface area contributed by atoms with E-state index in [2.05, 4.69) is 10.2 Å². The van der Waals surface area contributed by atoms with Gasteiger partial charge < -0.3 is 4.42 Å². The Bertz CT molecular complexity index is 780. The summed E-state index contributed by atoms with van der Waals surface area (Å²) in [4.78, 5) is 21.6. The Hall–Kier alpha value is -2.95. The molecule has 0 amide bonds. The minimum Gasteiger partial charge on any atom is -0.453 e. The molecule has 20 heavy (non-hydrogen) atoms. The summed E-state index contributed by atoms with van der Waals surface area (Å²) in [5.41, 5.74) is 2.20. The fraction of sp³-hybridized carbons (Fsp3) is 0. The third kappa shape index (κ3) is 2.29. The van der Waals surface area contributed by atoms with E-state index in [4.69, 9.17) is 4.42 Å². The van der Waals surface area contributed by atoms with Crippen LogP contribution >= 0.6 is 0 Å². The quantitative estimate of drug-likeness (QED) is 0.739. The number of benzene rings is 1. The molecule has 0 aliphatic rings. The first-order chi connectivity index (χ1) is 9.76. The van der Waals surface area contributed by atoms with E-state index in [9.17, 15) is 9.59 Å². The number of nitrogens with zero attached hydrogens (tertiary/aromatic N) is 1. The number of carbonyl (C=O) groups excluding carboxylic acids is 1. The van der Waals surface area contributed by atoms with E-state index >= 15 is 0 Å². The Morgan fingerprint density at radius 3 is 2.30 bits per heavy atom. The fourth-order valence-electron chi connectivity index (χ4n) is 1.88. The molecule has 5 nitrogen and oxygen atoms in total. The van der Waals surface area contributed by atoms with Crippen molar-refractivity contribution in [3.8, 4) is 22.6 Å². The van der Waals surface area contributed by atoms with Gasteiger partial charge in [0.1, 0.15) is 5.76 Å². The maximum absolute atomic E-state index is 11.0. The van der Waals surface area contributed by atoms with Crippen LogP contribution in [0.5, 0.6) is 0 Å². The van der Waals surface area contributed by atoms with Crippen LogP contribution in [0.2, 0.25) is 0 Å². The lowest BCUT2D eigenvalue weighted by Crippen LogP contribution is -2.05. The molecular weight excluding hydrogens is 256 g/mol. The summed E-state index contributed by atoms with van der Waals surface area (Å²) in [6.45, 7) is 0. The molecule has 0 saturated heterocycles. The van der Waals surface area contributed by atoms with Crippen molar-refractivity contribution in [2.24, 2.45) is 0 Å². The topological polar surface area (TPSA) is 76.0 Å². The Balaban J connectivity index is 1.92. The van der Waals surface area contributed by atoms with Gasteiger partial charge in [0, 0.05) is 17.2 Å². The number of aromatic amines is 1. The summed E-state index contributed by atoms with van der Waals surface area (Å²) in [5, 5.41) is 6.35. The van der Waals surface area contributed by atoms with Gasteiger partial charge in [-0.25, -0.2) is 5.10 Å². The highest BCUT2D eigenvalue weighted by Gasteiger charge is 2.05. The standard InChI is InChI=1S/C15H10N2O3/c18-9-12-5-7-14(20-12)11-3-1-10(2-4-11)13-6-8-15(19)17-16-13/h1-9H,(H,17,19). The van der Waals surface area contributed by atoms with Crippen molar-refractivity contribution in [2.45, 2.75) is 0 Å². The van der Waals surface area contributed by atoms with Gasteiger partial charge in [-0.2, -0.15) is 5.10 Å². The van der Waals surface area contributed by atoms with Crippen LogP contribution in [-0.4, -0.2) is 16.5 Å². The average Bonchev–Trinajstić information content (AvgIpc) is 2.97. The van der Waals surface area contributed by atoms with Gasteiger partial charge in [0.15, 0.2) is 12.0 Å². The van der Waals surface area contributed by atoms with E-state index in [-0.39, 0.29) is 5.56 Å². The predicted molar refractivity (Wildman–Crippen MR) is 73.4 cm³/mol. The lowest BCUT2D eigenvalue weighted by atomic mass is 10.1. The zero-order valence-corrected chi connectivity index (χ0v) is 10.4. The molecule has 0 unspecified atom stereocenters. The zero-order chi connectivity index (χ0) is 13.9. The Kier molecular flexibility index (Phi) is 3.01. The summed E-state index contributed by atoms with van der Waals surface area (Å²) in [6, 6.07) is 13.9. The van der Waals surface area contributed by atoms with Gasteiger partial charge in [-0.1, -0.05) is 24.3 Å². The smallest absolute Gasteiger partial charge is 0.264 e. The molecule has 0 aliphatic heterocycles. The van der Waals surface area contributed by atoms with Gasteiger partial charge in [0.05, 0.1) is 5.69 Å². The summed E-state index contributed by atoms with van der Waals surface area (Å²) < 4.78 is 5.35. The van der Waals surface area contributed by atoms with Crippen LogP contribution in [0.1, 0.15) is 10.6 Å². The first-order valence-corrected chi connectivity index (χ1v) is 5.98. The summed E-state index contributed by atoms with van der Waals surface area (Å²) in [7, 11) is 0. The van der Waals surface area contributed by atoms with Gasteiger partial charge in [0.2, 0.25) is 0 Å². The van der Waals surface area contributed by atoms with Crippen molar-refractivity contribution in [1.82, 2.24) is 10.2 Å². The third-order valence-electron chi connectivity index (χ3n) is 2.89. The van der Waals surface area contributed by atoms with Crippen LogP contribution < -0.4 is 5.56 Å². The molecule has 1 aromatic carbocycles. The van der Waals surface area contributed by atoms with Gasteiger partial charge >= 0.3 is 0 Å². The van der Waals surface area contributed by atoms with Crippen LogP contribution in [0, 0.1) is 0 Å². The van der Waals surface area contributed by atoms with E-state index < -0.39 is 0 Å². The van der Waals surface area contributed by atoms with Crippen molar-refractivity contribution >= 4 is 6.29 Å². The second kappa shape index (κ2) is 4.97. The maximum Gasteiger partial charge on any atom is 0.264 e. The van der Waals surface area contributed by atoms with Crippen molar-refractivity contribution in [3.63, 3.8) is 0 Å². The highest BCUT2D eigenvalue weighted by Crippen LogP contribution is 2.24. The van der Waals surface area contributed by atoms with E-state index in [1.807, 2.05) is 24.3 Å². The molecule has 98 valence electrons. The number of rotatable bonds is 3. The van der Waals surface area contributed by atoms with Crippen LogP contribution in [0.3, 0.4) is 0 Å². The fourth-order valence-corrected chi connectivity index (χ4v) is 1.88. The molecule has 1 N–H and O–H groups in total. The number of H-pyrrole nitrogens is 1. The Morgan fingerprint density at radius 2 is 1.70 bits per heavy atom. The van der Waals surface area contributed by atoms with Crippen LogP contribution in [-0.2, 0) is 0 Å². The largest absolute Gasteiger partial charge is 0.453 e. The number of furan rings is 1. The zero-order valence-electron chi connectivity index (χ0n) is 10.4. The number of aromatic nitrogens is 2. The van der Waals surface area contributed by atoms with E-state index in [0.717, 1.165) is 11.1 Å². The highest BCUT2D eigenvalue weighted by molar-refractivity contribution is 5.73. The number of aldehydes is 1. The molecule has 0 spiro atoms. The third-order valence-corrected chi connectivity index (χ3v) is 2.89. The van der Waals surface area contributed by atoms with Crippen LogP contribution in [0.15, 0.2) is 57.7 Å². The van der Waals surface area contributed by atoms with Crippen molar-refractivity contribution < 1.29 is 9.21 Å². The average molecular weight is 266 g/mol. The highest BCUT2D eigenvalue weighted by atomic mass is 16.3. The Morgan fingerprint density at radius 1 is 0.950 bits per heavy atom. The normalized spacial score (nSPS) is 10.4. The van der Waals surface area contributed by atoms with Crippen molar-refractivity contribution in [2.75, 3.05) is 0 Å². The minimum absolute atomic E-state index is 0.234. The maximum atomic E-state index is 11.0. The van der Waals surface area contributed by atoms with Crippen LogP contribution in [0.4, 0.5) is 0 Å². The summed E-state index contributed by atoms with van der Waals surface area (Å²) in [6.07, 6.45) is 0.669. The molecule has 0 saturated carbocycles. The first-order valence-electron chi connectivity index (χ1n) is 5.98. The molecule has 5 heteroatoms. The van der Waals surface area contributed by atoms with Crippen LogP contribution in [0.25, 0.3) is 22.6 Å². The van der Waals surface area contributed by atoms with Gasteiger partial charge in [0.25, 0.3) is 5.56 Å². The van der Waals surface area contributed by atoms with E-state index in [0.29, 0.717) is 23.5 Å². The number of hydrogen-bond donors (Lipinski definition) is 1. The number of hydrogen-bond acceptors (Lipinski definition) is 4. The molecular formula is C15H10N2O3. The molecule has 3 aromatic rings. The molecule has 0 fully saturated rings. The van der Waals surface area contributed by atoms with Crippen molar-refractivity contribution in [3.05, 3.63) is 64.6 Å². The molecule has 3 rings (SSSR count). The molecule has 0 radical (unpaired) electrons. The molecule has 2 heterocycles.